The molecule has 1 aromatic heterocycles. The molecule has 0 spiro atoms. The van der Waals surface area contributed by atoms with Crippen LogP contribution >= 0.6 is 15.9 Å². The van der Waals surface area contributed by atoms with Crippen LogP contribution in [-0.4, -0.2) is 0 Å². The summed E-state index contributed by atoms with van der Waals surface area (Å²) in [5, 5.41) is 2.34. The first-order valence-electron chi connectivity index (χ1n) is 7.49. The topological polar surface area (TPSA) is 13.1 Å². The summed E-state index contributed by atoms with van der Waals surface area (Å²) in [5.74, 6) is 0. The van der Waals surface area contributed by atoms with Crippen molar-refractivity contribution in [3.63, 3.8) is 0 Å². The minimum absolute atomic E-state index is 0.937. The second-order valence-electron chi connectivity index (χ2n) is 4.79. The molecule has 1 heterocycles. The Morgan fingerprint density at radius 3 is 2.18 bits per heavy atom. The van der Waals surface area contributed by atoms with Crippen LogP contribution in [0.4, 0.5) is 0 Å². The Bertz CT molecular complexity index is 904. The van der Waals surface area contributed by atoms with E-state index in [1.165, 1.54) is 10.8 Å². The van der Waals surface area contributed by atoms with Gasteiger partial charge in [0.1, 0.15) is 11.2 Å². The van der Waals surface area contributed by atoms with Crippen LogP contribution in [0.1, 0.15) is 13.8 Å². The molecule has 4 aromatic rings. The molecule has 0 bridgehead atoms. The molecule has 0 amide bonds. The van der Waals surface area contributed by atoms with Gasteiger partial charge in [0.2, 0.25) is 0 Å². The van der Waals surface area contributed by atoms with Gasteiger partial charge in [0.15, 0.2) is 0 Å². The summed E-state index contributed by atoms with van der Waals surface area (Å²) >= 11 is 3.47. The quantitative estimate of drug-likeness (QED) is 0.358. The van der Waals surface area contributed by atoms with Gasteiger partial charge < -0.3 is 4.42 Å². The molecule has 0 aliphatic carbocycles. The molecule has 0 N–H and O–H groups in total. The third-order valence-corrected chi connectivity index (χ3v) is 4.09. The molecular formula is C20H17BrO. The molecule has 110 valence electrons. The Morgan fingerprint density at radius 2 is 1.41 bits per heavy atom. The fraction of sp³-hybridized carbons (Fsp3) is 0.100. The van der Waals surface area contributed by atoms with Gasteiger partial charge in [0.25, 0.3) is 0 Å². The second kappa shape index (κ2) is 6.37. The number of hydrogen-bond donors (Lipinski definition) is 0. The van der Waals surface area contributed by atoms with Crippen molar-refractivity contribution in [3.8, 4) is 11.1 Å². The van der Waals surface area contributed by atoms with Crippen molar-refractivity contribution < 1.29 is 4.42 Å². The first-order valence-corrected chi connectivity index (χ1v) is 8.28. The fourth-order valence-corrected chi connectivity index (χ4v) is 2.87. The Balaban J connectivity index is 0.000000693. The molecule has 22 heavy (non-hydrogen) atoms. The zero-order chi connectivity index (χ0) is 15.5. The lowest BCUT2D eigenvalue weighted by Crippen LogP contribution is -1.78. The molecular weight excluding hydrogens is 336 g/mol. The maximum Gasteiger partial charge on any atom is 0.143 e. The van der Waals surface area contributed by atoms with Crippen LogP contribution in [-0.2, 0) is 0 Å². The molecule has 0 aliphatic heterocycles. The van der Waals surface area contributed by atoms with E-state index in [1.54, 1.807) is 0 Å². The van der Waals surface area contributed by atoms with Crippen molar-refractivity contribution in [3.05, 3.63) is 71.2 Å². The van der Waals surface area contributed by atoms with Crippen molar-refractivity contribution >= 4 is 37.9 Å². The summed E-state index contributed by atoms with van der Waals surface area (Å²) in [4.78, 5) is 0. The van der Waals surface area contributed by atoms with E-state index in [2.05, 4.69) is 64.5 Å². The third kappa shape index (κ3) is 2.55. The van der Waals surface area contributed by atoms with Crippen molar-refractivity contribution in [2.24, 2.45) is 0 Å². The number of halogens is 1. The van der Waals surface area contributed by atoms with Crippen molar-refractivity contribution in [2.75, 3.05) is 0 Å². The standard InChI is InChI=1S/C18H11BrO.C2H6/c19-13-10-8-12(9-11-13)14-5-3-6-16-15-4-1-2-7-17(15)20-18(14)16;1-2/h1-11H;1-2H3. The van der Waals surface area contributed by atoms with Crippen LogP contribution < -0.4 is 0 Å². The number of fused-ring (bicyclic) bond motifs is 3. The highest BCUT2D eigenvalue weighted by atomic mass is 79.9. The van der Waals surface area contributed by atoms with Crippen LogP contribution in [0.3, 0.4) is 0 Å². The molecule has 0 atom stereocenters. The third-order valence-electron chi connectivity index (χ3n) is 3.56. The zero-order valence-corrected chi connectivity index (χ0v) is 14.2. The van der Waals surface area contributed by atoms with E-state index < -0.39 is 0 Å². The predicted octanol–water partition coefficient (Wildman–Crippen LogP) is 7.04. The molecule has 1 nitrogen and oxygen atoms in total. The Labute approximate surface area is 138 Å². The summed E-state index contributed by atoms with van der Waals surface area (Å²) < 4.78 is 7.14. The molecule has 0 saturated heterocycles. The van der Waals surface area contributed by atoms with Gasteiger partial charge in [-0.3, -0.25) is 0 Å². The SMILES string of the molecule is Brc1ccc(-c2cccc3c2oc2ccccc23)cc1.CC. The molecule has 0 fully saturated rings. The van der Waals surface area contributed by atoms with Crippen molar-refractivity contribution in [1.82, 2.24) is 0 Å². The Hall–Kier alpha value is -2.06. The lowest BCUT2D eigenvalue weighted by atomic mass is 10.0. The predicted molar refractivity (Wildman–Crippen MR) is 98.2 cm³/mol. The largest absolute Gasteiger partial charge is 0.455 e. The highest BCUT2D eigenvalue weighted by molar-refractivity contribution is 9.10. The average Bonchev–Trinajstić information content (AvgIpc) is 2.96. The lowest BCUT2D eigenvalue weighted by molar-refractivity contribution is 0.670. The number of furan rings is 1. The highest BCUT2D eigenvalue weighted by Crippen LogP contribution is 2.35. The highest BCUT2D eigenvalue weighted by Gasteiger charge is 2.11. The van der Waals surface area contributed by atoms with Gasteiger partial charge in [-0.1, -0.05) is 78.3 Å². The van der Waals surface area contributed by atoms with Crippen LogP contribution in [0.2, 0.25) is 0 Å². The van der Waals surface area contributed by atoms with Gasteiger partial charge in [-0.2, -0.15) is 0 Å². The molecule has 0 saturated carbocycles. The van der Waals surface area contributed by atoms with E-state index in [0.717, 1.165) is 26.8 Å². The summed E-state index contributed by atoms with van der Waals surface area (Å²) in [6, 6.07) is 22.8. The van der Waals surface area contributed by atoms with Crippen molar-refractivity contribution in [1.29, 1.82) is 0 Å². The number of para-hydroxylation sites is 2. The summed E-state index contributed by atoms with van der Waals surface area (Å²) in [7, 11) is 0. The summed E-state index contributed by atoms with van der Waals surface area (Å²) in [5.41, 5.74) is 4.19. The van der Waals surface area contributed by atoms with E-state index in [4.69, 9.17) is 4.42 Å². The lowest BCUT2D eigenvalue weighted by Gasteiger charge is -2.02. The number of rotatable bonds is 1. The van der Waals surface area contributed by atoms with Crippen LogP contribution in [0, 0.1) is 0 Å². The van der Waals surface area contributed by atoms with Gasteiger partial charge in [0, 0.05) is 20.8 Å². The first kappa shape index (κ1) is 14.9. The van der Waals surface area contributed by atoms with Gasteiger partial charge >= 0.3 is 0 Å². The molecule has 2 heteroatoms. The van der Waals surface area contributed by atoms with Crippen LogP contribution in [0.5, 0.6) is 0 Å². The summed E-state index contributed by atoms with van der Waals surface area (Å²) in [6.45, 7) is 4.00. The monoisotopic (exact) mass is 352 g/mol. The molecule has 0 unspecified atom stereocenters. The minimum Gasteiger partial charge on any atom is -0.455 e. The Morgan fingerprint density at radius 1 is 0.727 bits per heavy atom. The van der Waals surface area contributed by atoms with Gasteiger partial charge in [-0.15, -0.1) is 0 Å². The van der Waals surface area contributed by atoms with E-state index in [-0.39, 0.29) is 0 Å². The second-order valence-corrected chi connectivity index (χ2v) is 5.70. The van der Waals surface area contributed by atoms with Crippen LogP contribution in [0.25, 0.3) is 33.1 Å². The van der Waals surface area contributed by atoms with Gasteiger partial charge in [-0.25, -0.2) is 0 Å². The normalized spacial score (nSPS) is 10.5. The molecule has 0 radical (unpaired) electrons. The van der Waals surface area contributed by atoms with Gasteiger partial charge in [-0.05, 0) is 23.8 Å². The summed E-state index contributed by atoms with van der Waals surface area (Å²) in [6.07, 6.45) is 0. The van der Waals surface area contributed by atoms with Crippen molar-refractivity contribution in [2.45, 2.75) is 13.8 Å². The fourth-order valence-electron chi connectivity index (χ4n) is 2.60. The van der Waals surface area contributed by atoms with Crippen LogP contribution in [0.15, 0.2) is 75.6 Å². The minimum atomic E-state index is 0.937. The molecule has 0 aliphatic rings. The smallest absolute Gasteiger partial charge is 0.143 e. The molecule has 3 aromatic carbocycles. The number of benzene rings is 3. The van der Waals surface area contributed by atoms with Gasteiger partial charge in [0.05, 0.1) is 0 Å². The van der Waals surface area contributed by atoms with E-state index >= 15 is 0 Å². The maximum atomic E-state index is 6.06. The Kier molecular flexibility index (Phi) is 4.30. The zero-order valence-electron chi connectivity index (χ0n) is 12.6. The molecule has 4 rings (SSSR count). The first-order chi connectivity index (χ1) is 10.8. The maximum absolute atomic E-state index is 6.06. The number of hydrogen-bond acceptors (Lipinski definition) is 1. The van der Waals surface area contributed by atoms with E-state index in [1.807, 2.05) is 32.0 Å². The average molecular weight is 353 g/mol. The van der Waals surface area contributed by atoms with E-state index in [0.29, 0.717) is 0 Å². The van der Waals surface area contributed by atoms with E-state index in [9.17, 15) is 0 Å².